The molecule has 0 aliphatic heterocycles. The summed E-state index contributed by atoms with van der Waals surface area (Å²) in [6.45, 7) is 19.4. The summed E-state index contributed by atoms with van der Waals surface area (Å²) >= 11 is 0. The Morgan fingerprint density at radius 1 is 1.03 bits per heavy atom. The predicted octanol–water partition coefficient (Wildman–Crippen LogP) is 7.42. The second-order valence-corrected chi connectivity index (χ2v) is 11.2. The van der Waals surface area contributed by atoms with Crippen molar-refractivity contribution in [2.45, 2.75) is 67.2 Å². The van der Waals surface area contributed by atoms with Gasteiger partial charge in [-0.1, -0.05) is 89.1 Å². The van der Waals surface area contributed by atoms with Gasteiger partial charge in [-0.25, -0.2) is 0 Å². The maximum atomic E-state index is 5.69. The van der Waals surface area contributed by atoms with Gasteiger partial charge in [-0.3, -0.25) is 0 Å². The first kappa shape index (κ1) is 24.2. The molecule has 2 aromatic carbocycles. The fraction of sp³-hybridized carbons (Fsp3) is 0.484. The zero-order valence-corrected chi connectivity index (χ0v) is 21.0. The largest absolute Gasteiger partial charge is 0.385 e. The van der Waals surface area contributed by atoms with Crippen LogP contribution in [-0.4, -0.2) is 6.54 Å². The van der Waals surface area contributed by atoms with Crippen LogP contribution in [0.25, 0.3) is 5.70 Å². The normalized spacial score (nSPS) is 21.5. The molecule has 0 radical (unpaired) electrons. The van der Waals surface area contributed by atoms with Gasteiger partial charge in [-0.15, -0.1) is 6.42 Å². The Balaban J connectivity index is 1.69. The van der Waals surface area contributed by atoms with E-state index in [9.17, 15) is 0 Å². The number of benzene rings is 2. The molecule has 1 fully saturated rings. The molecule has 1 unspecified atom stereocenters. The number of nitrogens with one attached hydrogen (secondary N) is 1. The molecular weight excluding hydrogens is 386 g/mol. The Morgan fingerprint density at radius 2 is 1.66 bits per heavy atom. The SMILES string of the molecule is C#Cc1ccc(C[C@@H]2CC(C)(C)C(CNC(=C)c3ccc(C)cc3)CC2(C)C)cc1CC. The van der Waals surface area contributed by atoms with Crippen LogP contribution in [0.15, 0.2) is 49.0 Å². The van der Waals surface area contributed by atoms with E-state index in [1.165, 1.54) is 35.1 Å². The lowest BCUT2D eigenvalue weighted by Gasteiger charge is -2.51. The van der Waals surface area contributed by atoms with E-state index in [-0.39, 0.29) is 5.41 Å². The fourth-order valence-electron chi connectivity index (χ4n) is 5.45. The highest BCUT2D eigenvalue weighted by atomic mass is 14.9. The average Bonchev–Trinajstić information content (AvgIpc) is 2.75. The van der Waals surface area contributed by atoms with Crippen molar-refractivity contribution in [2.24, 2.45) is 22.7 Å². The molecule has 0 heterocycles. The lowest BCUT2D eigenvalue weighted by molar-refractivity contribution is -0.000864. The van der Waals surface area contributed by atoms with E-state index in [0.29, 0.717) is 17.3 Å². The van der Waals surface area contributed by atoms with E-state index in [1.54, 1.807) is 0 Å². The van der Waals surface area contributed by atoms with Crippen LogP contribution in [0.1, 0.15) is 75.3 Å². The van der Waals surface area contributed by atoms with Crippen molar-refractivity contribution in [1.82, 2.24) is 5.32 Å². The maximum absolute atomic E-state index is 5.69. The number of hydrogen-bond donors (Lipinski definition) is 1. The zero-order chi connectivity index (χ0) is 23.5. The van der Waals surface area contributed by atoms with E-state index in [1.807, 2.05) is 0 Å². The van der Waals surface area contributed by atoms with Gasteiger partial charge < -0.3 is 5.32 Å². The summed E-state index contributed by atoms with van der Waals surface area (Å²) < 4.78 is 0. The minimum absolute atomic E-state index is 0.285. The molecule has 1 aliphatic rings. The molecule has 0 amide bonds. The van der Waals surface area contributed by atoms with Crippen molar-refractivity contribution in [3.05, 3.63) is 76.9 Å². The maximum Gasteiger partial charge on any atom is 0.0340 e. The summed E-state index contributed by atoms with van der Waals surface area (Å²) in [6.07, 6.45) is 10.3. The van der Waals surface area contributed by atoms with Crippen molar-refractivity contribution in [3.63, 3.8) is 0 Å². The highest BCUT2D eigenvalue weighted by molar-refractivity contribution is 5.61. The van der Waals surface area contributed by atoms with Gasteiger partial charge >= 0.3 is 0 Å². The highest BCUT2D eigenvalue weighted by Crippen LogP contribution is 2.52. The van der Waals surface area contributed by atoms with Gasteiger partial charge in [0.05, 0.1) is 0 Å². The fourth-order valence-corrected chi connectivity index (χ4v) is 5.45. The van der Waals surface area contributed by atoms with Gasteiger partial charge in [0.2, 0.25) is 0 Å². The van der Waals surface area contributed by atoms with Gasteiger partial charge in [0.25, 0.3) is 0 Å². The molecule has 1 N–H and O–H groups in total. The second-order valence-electron chi connectivity index (χ2n) is 11.2. The lowest BCUT2D eigenvalue weighted by Crippen LogP contribution is -2.46. The second kappa shape index (κ2) is 9.58. The van der Waals surface area contributed by atoms with Crippen LogP contribution in [0.2, 0.25) is 0 Å². The molecule has 1 nitrogen and oxygen atoms in total. The van der Waals surface area contributed by atoms with Crippen molar-refractivity contribution in [2.75, 3.05) is 6.54 Å². The van der Waals surface area contributed by atoms with Crippen LogP contribution in [-0.2, 0) is 12.8 Å². The Morgan fingerprint density at radius 3 is 2.28 bits per heavy atom. The van der Waals surface area contributed by atoms with Crippen molar-refractivity contribution in [3.8, 4) is 12.3 Å². The predicted molar refractivity (Wildman–Crippen MR) is 139 cm³/mol. The van der Waals surface area contributed by atoms with Crippen LogP contribution >= 0.6 is 0 Å². The van der Waals surface area contributed by atoms with Crippen LogP contribution in [0.4, 0.5) is 0 Å². The minimum atomic E-state index is 0.285. The van der Waals surface area contributed by atoms with E-state index in [0.717, 1.165) is 30.6 Å². The van der Waals surface area contributed by atoms with Crippen molar-refractivity contribution >= 4 is 5.70 Å². The third-order valence-electron chi connectivity index (χ3n) is 7.91. The molecule has 1 saturated carbocycles. The molecule has 0 saturated heterocycles. The highest BCUT2D eigenvalue weighted by Gasteiger charge is 2.45. The van der Waals surface area contributed by atoms with Gasteiger partial charge in [-0.05, 0) is 78.0 Å². The molecule has 1 heteroatoms. The summed E-state index contributed by atoms with van der Waals surface area (Å²) in [6, 6.07) is 15.4. The Bertz CT molecular complexity index is 984. The van der Waals surface area contributed by atoms with Crippen LogP contribution in [0.3, 0.4) is 0 Å². The third-order valence-corrected chi connectivity index (χ3v) is 7.91. The van der Waals surface area contributed by atoms with E-state index in [2.05, 4.69) is 102 Å². The first-order valence-electron chi connectivity index (χ1n) is 12.1. The van der Waals surface area contributed by atoms with Crippen LogP contribution < -0.4 is 5.32 Å². The third kappa shape index (κ3) is 5.47. The van der Waals surface area contributed by atoms with E-state index in [4.69, 9.17) is 6.42 Å². The van der Waals surface area contributed by atoms with Gasteiger partial charge in [0.1, 0.15) is 0 Å². The molecular formula is C31H41N. The Hall–Kier alpha value is -2.46. The summed E-state index contributed by atoms with van der Waals surface area (Å²) in [5, 5.41) is 3.66. The molecule has 1 aliphatic carbocycles. The number of rotatable bonds is 7. The average molecular weight is 428 g/mol. The van der Waals surface area contributed by atoms with Gasteiger partial charge in [0.15, 0.2) is 0 Å². The molecule has 0 bridgehead atoms. The number of hydrogen-bond acceptors (Lipinski definition) is 1. The summed E-state index contributed by atoms with van der Waals surface area (Å²) in [4.78, 5) is 0. The molecule has 32 heavy (non-hydrogen) atoms. The van der Waals surface area contributed by atoms with E-state index >= 15 is 0 Å². The van der Waals surface area contributed by atoms with Gasteiger partial charge in [-0.2, -0.15) is 0 Å². The lowest BCUT2D eigenvalue weighted by atomic mass is 9.54. The molecule has 2 atom stereocenters. The molecule has 0 spiro atoms. The topological polar surface area (TPSA) is 12.0 Å². The monoisotopic (exact) mass is 427 g/mol. The smallest absolute Gasteiger partial charge is 0.0340 e. The Labute approximate surface area is 196 Å². The molecule has 3 rings (SSSR count). The quantitative estimate of drug-likeness (QED) is 0.453. The summed E-state index contributed by atoms with van der Waals surface area (Å²) in [7, 11) is 0. The molecule has 0 aromatic heterocycles. The van der Waals surface area contributed by atoms with Crippen LogP contribution in [0.5, 0.6) is 0 Å². The van der Waals surface area contributed by atoms with Crippen LogP contribution in [0, 0.1) is 41.9 Å². The van der Waals surface area contributed by atoms with E-state index < -0.39 is 0 Å². The molecule has 2 aromatic rings. The summed E-state index contributed by atoms with van der Waals surface area (Å²) in [5.41, 5.74) is 7.85. The summed E-state index contributed by atoms with van der Waals surface area (Å²) in [5.74, 6) is 4.12. The first-order chi connectivity index (χ1) is 15.1. The zero-order valence-electron chi connectivity index (χ0n) is 21.0. The first-order valence-corrected chi connectivity index (χ1v) is 12.1. The Kier molecular flexibility index (Phi) is 7.24. The number of aryl methyl sites for hydroxylation is 2. The molecule has 170 valence electrons. The standard InChI is InChI=1S/C31H41N/c1-9-25-16-13-24(17-26(25)10-2)18-28-19-31(7,8)29(20-30(28,5)6)21-32-23(4)27-14-11-22(3)12-15-27/h1,11-17,28-29,32H,4,10,18-21H2,2-3,5-8H3/t28-,29?/m1/s1. The van der Waals surface area contributed by atoms with Crippen molar-refractivity contribution in [1.29, 1.82) is 0 Å². The van der Waals surface area contributed by atoms with Crippen molar-refractivity contribution < 1.29 is 0 Å². The number of terminal acetylenes is 1. The van der Waals surface area contributed by atoms with Gasteiger partial charge in [0, 0.05) is 17.8 Å². The minimum Gasteiger partial charge on any atom is -0.385 e.